The highest BCUT2D eigenvalue weighted by Gasteiger charge is 2.11. The van der Waals surface area contributed by atoms with Gasteiger partial charge < -0.3 is 5.32 Å². The molecule has 4 rings (SSSR count). The number of anilines is 1. The van der Waals surface area contributed by atoms with Crippen LogP contribution in [0, 0.1) is 10.1 Å². The van der Waals surface area contributed by atoms with Gasteiger partial charge in [0, 0.05) is 24.7 Å². The summed E-state index contributed by atoms with van der Waals surface area (Å²) >= 11 is 0. The first-order chi connectivity index (χ1) is 15.4. The number of nitro benzene ring substituents is 1. The minimum Gasteiger partial charge on any atom is -0.326 e. The number of amides is 1. The van der Waals surface area contributed by atoms with Crippen LogP contribution >= 0.6 is 0 Å². The number of carbonyl (C=O) groups excluding carboxylic acids is 1. The van der Waals surface area contributed by atoms with Gasteiger partial charge >= 0.3 is 0 Å². The Morgan fingerprint density at radius 1 is 1.00 bits per heavy atom. The summed E-state index contributed by atoms with van der Waals surface area (Å²) in [4.78, 5) is 39.6. The Kier molecular flexibility index (Phi) is 5.59. The zero-order chi connectivity index (χ0) is 22.7. The van der Waals surface area contributed by atoms with Crippen molar-refractivity contribution in [3.63, 3.8) is 0 Å². The largest absolute Gasteiger partial charge is 0.326 e. The maximum Gasteiger partial charge on any atom is 0.269 e. The summed E-state index contributed by atoms with van der Waals surface area (Å²) in [5.74, 6) is 0.216. The second-order valence-corrected chi connectivity index (χ2v) is 7.04. The van der Waals surface area contributed by atoms with Gasteiger partial charge in [-0.15, -0.1) is 0 Å². The van der Waals surface area contributed by atoms with E-state index in [2.05, 4.69) is 10.3 Å². The van der Waals surface area contributed by atoms with E-state index in [-0.39, 0.29) is 17.2 Å². The van der Waals surface area contributed by atoms with Gasteiger partial charge in [0.25, 0.3) is 11.2 Å². The van der Waals surface area contributed by atoms with E-state index in [4.69, 9.17) is 0 Å². The van der Waals surface area contributed by atoms with Gasteiger partial charge in [0.05, 0.1) is 21.5 Å². The van der Waals surface area contributed by atoms with Crippen molar-refractivity contribution in [2.45, 2.75) is 6.92 Å². The summed E-state index contributed by atoms with van der Waals surface area (Å²) in [5, 5.41) is 14.0. The van der Waals surface area contributed by atoms with Gasteiger partial charge in [0.1, 0.15) is 5.82 Å². The normalized spacial score (nSPS) is 11.0. The maximum atomic E-state index is 13.3. The molecule has 8 nitrogen and oxygen atoms in total. The number of hydrogen-bond donors (Lipinski definition) is 1. The van der Waals surface area contributed by atoms with Gasteiger partial charge in [0.2, 0.25) is 5.91 Å². The molecule has 0 fully saturated rings. The van der Waals surface area contributed by atoms with Crippen molar-refractivity contribution in [3.05, 3.63) is 105 Å². The van der Waals surface area contributed by atoms with Crippen molar-refractivity contribution in [2.24, 2.45) is 0 Å². The van der Waals surface area contributed by atoms with E-state index in [0.29, 0.717) is 28.1 Å². The van der Waals surface area contributed by atoms with Crippen LogP contribution in [-0.4, -0.2) is 20.4 Å². The van der Waals surface area contributed by atoms with Gasteiger partial charge in [-0.2, -0.15) is 0 Å². The molecular weight excluding hydrogens is 408 g/mol. The molecule has 32 heavy (non-hydrogen) atoms. The van der Waals surface area contributed by atoms with Crippen molar-refractivity contribution in [1.29, 1.82) is 0 Å². The van der Waals surface area contributed by atoms with Crippen LogP contribution in [-0.2, 0) is 4.79 Å². The maximum absolute atomic E-state index is 13.3. The molecule has 0 saturated heterocycles. The predicted octanol–water partition coefficient (Wildman–Crippen LogP) is 4.42. The number of fused-ring (bicyclic) bond motifs is 1. The molecule has 0 atom stereocenters. The lowest BCUT2D eigenvalue weighted by atomic mass is 10.2. The van der Waals surface area contributed by atoms with Crippen LogP contribution in [0.3, 0.4) is 0 Å². The molecule has 3 aromatic carbocycles. The number of aromatic nitrogens is 2. The Bertz CT molecular complexity index is 1410. The van der Waals surface area contributed by atoms with E-state index >= 15 is 0 Å². The molecule has 1 aromatic heterocycles. The summed E-state index contributed by atoms with van der Waals surface area (Å²) < 4.78 is 1.49. The Balaban J connectivity index is 1.81. The molecule has 8 heteroatoms. The molecule has 1 heterocycles. The van der Waals surface area contributed by atoms with Crippen LogP contribution < -0.4 is 10.9 Å². The number of benzene rings is 3. The number of nitro groups is 1. The monoisotopic (exact) mass is 426 g/mol. The Labute approximate surface area is 182 Å². The van der Waals surface area contributed by atoms with Crippen LogP contribution in [0.2, 0.25) is 0 Å². The molecule has 1 N–H and O–H groups in total. The Morgan fingerprint density at radius 3 is 2.34 bits per heavy atom. The SMILES string of the molecule is CC(=O)Nc1ccc(-n2c(C=Cc3ccc([N+](=O)[O-])cc3)nc3ccccc3c2=O)cc1. The number of carbonyl (C=O) groups is 1. The fraction of sp³-hybridized carbons (Fsp3) is 0.0417. The highest BCUT2D eigenvalue weighted by Crippen LogP contribution is 2.18. The first-order valence-corrected chi connectivity index (χ1v) is 9.75. The van der Waals surface area contributed by atoms with E-state index in [1.807, 2.05) is 6.07 Å². The van der Waals surface area contributed by atoms with Crippen molar-refractivity contribution in [1.82, 2.24) is 9.55 Å². The van der Waals surface area contributed by atoms with E-state index < -0.39 is 4.92 Å². The lowest BCUT2D eigenvalue weighted by Gasteiger charge is -2.12. The average Bonchev–Trinajstić information content (AvgIpc) is 2.78. The van der Waals surface area contributed by atoms with E-state index in [0.717, 1.165) is 5.56 Å². The second-order valence-electron chi connectivity index (χ2n) is 7.04. The summed E-state index contributed by atoms with van der Waals surface area (Å²) in [6, 6.07) is 20.0. The fourth-order valence-electron chi connectivity index (χ4n) is 3.29. The number of rotatable bonds is 5. The topological polar surface area (TPSA) is 107 Å². The van der Waals surface area contributed by atoms with Crippen LogP contribution in [0.25, 0.3) is 28.7 Å². The van der Waals surface area contributed by atoms with Crippen molar-refractivity contribution < 1.29 is 9.72 Å². The molecule has 158 valence electrons. The van der Waals surface area contributed by atoms with Gasteiger partial charge in [-0.05, 0) is 60.2 Å². The van der Waals surface area contributed by atoms with Gasteiger partial charge in [-0.1, -0.05) is 18.2 Å². The van der Waals surface area contributed by atoms with E-state index in [9.17, 15) is 19.7 Å². The molecular formula is C24H18N4O4. The van der Waals surface area contributed by atoms with Gasteiger partial charge in [0.15, 0.2) is 0 Å². The number of non-ortho nitro benzene ring substituents is 1. The number of hydrogen-bond acceptors (Lipinski definition) is 5. The lowest BCUT2D eigenvalue weighted by molar-refractivity contribution is -0.384. The highest BCUT2D eigenvalue weighted by molar-refractivity contribution is 5.88. The predicted molar refractivity (Wildman–Crippen MR) is 124 cm³/mol. The molecule has 0 radical (unpaired) electrons. The zero-order valence-electron chi connectivity index (χ0n) is 17.1. The third-order valence-corrected chi connectivity index (χ3v) is 4.78. The van der Waals surface area contributed by atoms with Crippen LogP contribution in [0.1, 0.15) is 18.3 Å². The summed E-state index contributed by atoms with van der Waals surface area (Å²) in [5.41, 5.74) is 2.27. The fourth-order valence-corrected chi connectivity index (χ4v) is 3.29. The van der Waals surface area contributed by atoms with Crippen LogP contribution in [0.15, 0.2) is 77.6 Å². The average molecular weight is 426 g/mol. The third-order valence-electron chi connectivity index (χ3n) is 4.78. The summed E-state index contributed by atoms with van der Waals surface area (Å²) in [7, 11) is 0. The van der Waals surface area contributed by atoms with Crippen molar-refractivity contribution in [3.8, 4) is 5.69 Å². The standard InChI is InChI=1S/C24H18N4O4/c1-16(29)25-18-9-13-19(14-10-18)27-23(26-22-5-3-2-4-21(22)24(27)30)15-8-17-6-11-20(12-7-17)28(31)32/h2-15H,1H3,(H,25,29). The molecule has 0 spiro atoms. The number of nitrogens with zero attached hydrogens (tertiary/aromatic N) is 3. The Morgan fingerprint density at radius 2 is 1.69 bits per heavy atom. The van der Waals surface area contributed by atoms with E-state index in [1.165, 1.54) is 23.6 Å². The highest BCUT2D eigenvalue weighted by atomic mass is 16.6. The van der Waals surface area contributed by atoms with Crippen molar-refractivity contribution >= 4 is 40.3 Å². The van der Waals surface area contributed by atoms with E-state index in [1.54, 1.807) is 66.7 Å². The minimum absolute atomic E-state index is 0.00199. The quantitative estimate of drug-likeness (QED) is 0.375. The molecule has 0 aliphatic heterocycles. The Hall–Kier alpha value is -4.59. The summed E-state index contributed by atoms with van der Waals surface area (Å²) in [6.45, 7) is 1.42. The first-order valence-electron chi connectivity index (χ1n) is 9.75. The molecule has 1 amide bonds. The van der Waals surface area contributed by atoms with Crippen molar-refractivity contribution in [2.75, 3.05) is 5.32 Å². The minimum atomic E-state index is -0.458. The molecule has 0 aliphatic rings. The molecule has 0 unspecified atom stereocenters. The van der Waals surface area contributed by atoms with Crippen LogP contribution in [0.4, 0.5) is 11.4 Å². The summed E-state index contributed by atoms with van der Waals surface area (Å²) in [6.07, 6.45) is 3.43. The van der Waals surface area contributed by atoms with Gasteiger partial charge in [-0.25, -0.2) is 4.98 Å². The number of nitrogens with one attached hydrogen (secondary N) is 1. The first kappa shape index (κ1) is 20.7. The van der Waals surface area contributed by atoms with Crippen LogP contribution in [0.5, 0.6) is 0 Å². The lowest BCUT2D eigenvalue weighted by Crippen LogP contribution is -2.22. The molecule has 0 aliphatic carbocycles. The molecule has 4 aromatic rings. The third kappa shape index (κ3) is 4.29. The smallest absolute Gasteiger partial charge is 0.269 e. The molecule has 0 saturated carbocycles. The molecule has 0 bridgehead atoms. The zero-order valence-corrected chi connectivity index (χ0v) is 17.1. The van der Waals surface area contributed by atoms with Gasteiger partial charge in [-0.3, -0.25) is 24.3 Å². The second kappa shape index (κ2) is 8.65. The number of para-hydroxylation sites is 1.